The van der Waals surface area contributed by atoms with Crippen LogP contribution in [0.1, 0.15) is 30.6 Å². The summed E-state index contributed by atoms with van der Waals surface area (Å²) >= 11 is 1.26. The number of aliphatic hydroxyl groups is 1. The third-order valence-corrected chi connectivity index (χ3v) is 2.86. The maximum Gasteiger partial charge on any atom is 0.219 e. The summed E-state index contributed by atoms with van der Waals surface area (Å²) in [5.41, 5.74) is 0.0301. The van der Waals surface area contributed by atoms with Gasteiger partial charge in [0.15, 0.2) is 0 Å². The first-order chi connectivity index (χ1) is 6.99. The largest absolute Gasteiger partial charge is 0.390 e. The molecule has 0 aliphatic rings. The third-order valence-electron chi connectivity index (χ3n) is 1.96. The average Bonchev–Trinajstić information content (AvgIpc) is 2.17. The summed E-state index contributed by atoms with van der Waals surface area (Å²) < 4.78 is 0. The Labute approximate surface area is 94.7 Å². The number of benzene rings is 1. The van der Waals surface area contributed by atoms with Crippen molar-refractivity contribution >= 4 is 16.9 Å². The molecule has 0 saturated heterocycles. The lowest BCUT2D eigenvalue weighted by atomic mass is 10.1. The maximum atomic E-state index is 11.6. The molecule has 1 N–H and O–H groups in total. The van der Waals surface area contributed by atoms with Crippen molar-refractivity contribution in [3.05, 3.63) is 35.9 Å². The van der Waals surface area contributed by atoms with Gasteiger partial charge in [-0.25, -0.2) is 0 Å². The van der Waals surface area contributed by atoms with Crippen molar-refractivity contribution in [1.82, 2.24) is 0 Å². The Balaban J connectivity index is 2.38. The lowest BCUT2D eigenvalue weighted by Crippen LogP contribution is -2.19. The normalized spacial score (nSPS) is 11.4. The molecule has 0 aromatic heterocycles. The van der Waals surface area contributed by atoms with E-state index in [2.05, 4.69) is 0 Å². The molecule has 0 atom stereocenters. The molecular weight excluding hydrogens is 208 g/mol. The summed E-state index contributed by atoms with van der Waals surface area (Å²) in [4.78, 5) is 11.6. The molecule has 82 valence electrons. The molecule has 0 bridgehead atoms. The molecule has 3 heteroatoms. The Kier molecular flexibility index (Phi) is 4.36. The van der Waals surface area contributed by atoms with Crippen LogP contribution in [0.5, 0.6) is 0 Å². The van der Waals surface area contributed by atoms with E-state index >= 15 is 0 Å². The van der Waals surface area contributed by atoms with Gasteiger partial charge in [0, 0.05) is 11.3 Å². The minimum Gasteiger partial charge on any atom is -0.390 e. The Hall–Kier alpha value is -0.800. The fraction of sp³-hybridized carbons (Fsp3) is 0.417. The topological polar surface area (TPSA) is 37.3 Å². The summed E-state index contributed by atoms with van der Waals surface area (Å²) in [5, 5.41) is 9.55. The summed E-state index contributed by atoms with van der Waals surface area (Å²) in [5.74, 6) is 0.650. The first kappa shape index (κ1) is 12.3. The van der Waals surface area contributed by atoms with Crippen LogP contribution in [0.4, 0.5) is 0 Å². The lowest BCUT2D eigenvalue weighted by Gasteiger charge is -2.15. The zero-order valence-electron chi connectivity index (χ0n) is 9.06. The maximum absolute atomic E-state index is 11.6. The lowest BCUT2D eigenvalue weighted by molar-refractivity contribution is 0.0777. The molecular formula is C12H16O2S. The highest BCUT2D eigenvalue weighted by atomic mass is 32.2. The van der Waals surface area contributed by atoms with Gasteiger partial charge < -0.3 is 5.11 Å². The van der Waals surface area contributed by atoms with E-state index in [-0.39, 0.29) is 5.12 Å². The van der Waals surface area contributed by atoms with Gasteiger partial charge in [-0.3, -0.25) is 4.79 Å². The molecule has 0 saturated carbocycles. The second kappa shape index (κ2) is 5.33. The van der Waals surface area contributed by atoms with Crippen LogP contribution in [0.15, 0.2) is 30.3 Å². The van der Waals surface area contributed by atoms with Crippen molar-refractivity contribution in [3.63, 3.8) is 0 Å². The van der Waals surface area contributed by atoms with E-state index in [1.807, 2.05) is 18.2 Å². The van der Waals surface area contributed by atoms with Crippen LogP contribution < -0.4 is 0 Å². The summed E-state index contributed by atoms with van der Waals surface area (Å²) in [7, 11) is 0. The summed E-state index contributed by atoms with van der Waals surface area (Å²) in [6.07, 6.45) is 0.621. The van der Waals surface area contributed by atoms with Gasteiger partial charge in [-0.1, -0.05) is 42.1 Å². The first-order valence-corrected chi connectivity index (χ1v) is 5.92. The molecule has 0 radical (unpaired) electrons. The van der Waals surface area contributed by atoms with E-state index < -0.39 is 5.60 Å². The van der Waals surface area contributed by atoms with Crippen LogP contribution in [0.3, 0.4) is 0 Å². The van der Waals surface area contributed by atoms with Gasteiger partial charge >= 0.3 is 0 Å². The van der Waals surface area contributed by atoms with Gasteiger partial charge in [0.25, 0.3) is 0 Å². The van der Waals surface area contributed by atoms with Crippen molar-refractivity contribution in [2.45, 2.75) is 25.9 Å². The van der Waals surface area contributed by atoms with Gasteiger partial charge in [-0.2, -0.15) is 0 Å². The van der Waals surface area contributed by atoms with Gasteiger partial charge in [-0.15, -0.1) is 0 Å². The monoisotopic (exact) mass is 224 g/mol. The van der Waals surface area contributed by atoms with E-state index in [0.717, 1.165) is 5.56 Å². The molecule has 1 aromatic carbocycles. The Morgan fingerprint density at radius 1 is 1.33 bits per heavy atom. The number of thioether (sulfide) groups is 1. The van der Waals surface area contributed by atoms with E-state index in [0.29, 0.717) is 12.2 Å². The van der Waals surface area contributed by atoms with Crippen LogP contribution in [0.2, 0.25) is 0 Å². The van der Waals surface area contributed by atoms with Crippen molar-refractivity contribution in [2.75, 3.05) is 5.75 Å². The molecule has 15 heavy (non-hydrogen) atoms. The summed E-state index contributed by atoms with van der Waals surface area (Å²) in [6.45, 7) is 3.50. The van der Waals surface area contributed by atoms with Crippen LogP contribution in [0, 0.1) is 0 Å². The standard InChI is InChI=1S/C12H16O2S/c1-12(2,14)8-9-15-11(13)10-6-4-3-5-7-10/h3-7,14H,8-9H2,1-2H3. The highest BCUT2D eigenvalue weighted by Crippen LogP contribution is 2.17. The third kappa shape index (κ3) is 5.00. The number of hydrogen-bond donors (Lipinski definition) is 1. The van der Waals surface area contributed by atoms with E-state index in [1.54, 1.807) is 26.0 Å². The predicted octanol–water partition coefficient (Wildman–Crippen LogP) is 2.72. The molecule has 1 rings (SSSR count). The molecule has 0 amide bonds. The van der Waals surface area contributed by atoms with Gasteiger partial charge in [0.1, 0.15) is 0 Å². The Morgan fingerprint density at radius 3 is 2.47 bits per heavy atom. The molecule has 2 nitrogen and oxygen atoms in total. The Bertz CT molecular complexity index is 314. The molecule has 0 heterocycles. The molecule has 0 fully saturated rings. The predicted molar refractivity (Wildman–Crippen MR) is 64.1 cm³/mol. The first-order valence-electron chi connectivity index (χ1n) is 4.93. The van der Waals surface area contributed by atoms with Crippen LogP contribution in [0.25, 0.3) is 0 Å². The highest BCUT2D eigenvalue weighted by Gasteiger charge is 2.13. The fourth-order valence-corrected chi connectivity index (χ4v) is 2.14. The number of carbonyl (C=O) groups excluding carboxylic acids is 1. The second-order valence-electron chi connectivity index (χ2n) is 4.06. The molecule has 0 unspecified atom stereocenters. The second-order valence-corrected chi connectivity index (χ2v) is 5.13. The van der Waals surface area contributed by atoms with Crippen LogP contribution >= 0.6 is 11.8 Å². The Morgan fingerprint density at radius 2 is 1.93 bits per heavy atom. The number of rotatable bonds is 4. The van der Waals surface area contributed by atoms with Crippen LogP contribution in [-0.2, 0) is 0 Å². The van der Waals surface area contributed by atoms with Crippen molar-refractivity contribution < 1.29 is 9.90 Å². The minimum absolute atomic E-state index is 0.0693. The number of hydrogen-bond acceptors (Lipinski definition) is 3. The van der Waals surface area contributed by atoms with Crippen molar-refractivity contribution in [2.24, 2.45) is 0 Å². The zero-order valence-corrected chi connectivity index (χ0v) is 9.88. The minimum atomic E-state index is -0.691. The summed E-state index contributed by atoms with van der Waals surface area (Å²) in [6, 6.07) is 9.20. The van der Waals surface area contributed by atoms with E-state index in [4.69, 9.17) is 0 Å². The molecule has 0 aliphatic carbocycles. The molecule has 0 spiro atoms. The van der Waals surface area contributed by atoms with Gasteiger partial charge in [0.2, 0.25) is 5.12 Å². The van der Waals surface area contributed by atoms with Crippen molar-refractivity contribution in [1.29, 1.82) is 0 Å². The SMILES string of the molecule is CC(C)(O)CCSC(=O)c1ccccc1. The van der Waals surface area contributed by atoms with Crippen molar-refractivity contribution in [3.8, 4) is 0 Å². The zero-order chi connectivity index (χ0) is 11.3. The highest BCUT2D eigenvalue weighted by molar-refractivity contribution is 8.14. The van der Waals surface area contributed by atoms with E-state index in [9.17, 15) is 9.90 Å². The number of carbonyl (C=O) groups is 1. The average molecular weight is 224 g/mol. The molecule has 1 aromatic rings. The van der Waals surface area contributed by atoms with E-state index in [1.165, 1.54) is 11.8 Å². The van der Waals surface area contributed by atoms with Gasteiger partial charge in [0.05, 0.1) is 5.60 Å². The molecule has 0 aliphatic heterocycles. The van der Waals surface area contributed by atoms with Crippen LogP contribution in [-0.4, -0.2) is 21.6 Å². The quantitative estimate of drug-likeness (QED) is 0.854. The van der Waals surface area contributed by atoms with Gasteiger partial charge in [-0.05, 0) is 20.3 Å². The smallest absolute Gasteiger partial charge is 0.219 e. The fourth-order valence-electron chi connectivity index (χ4n) is 1.05.